The Morgan fingerprint density at radius 2 is 1.76 bits per heavy atom. The van der Waals surface area contributed by atoms with Crippen molar-refractivity contribution in [2.45, 2.75) is 19.9 Å². The number of aromatic amines is 1. The number of aliphatic hydroxyl groups is 1. The molecule has 1 fully saturated rings. The Labute approximate surface area is 189 Å². The molecule has 1 aliphatic rings. The second-order valence-electron chi connectivity index (χ2n) is 8.12. The minimum Gasteiger partial charge on any atom is -0.507 e. The highest BCUT2D eigenvalue weighted by molar-refractivity contribution is 6.51. The summed E-state index contributed by atoms with van der Waals surface area (Å²) in [5.41, 5.74) is 3.84. The van der Waals surface area contributed by atoms with Crippen molar-refractivity contribution in [3.8, 4) is 0 Å². The first kappa shape index (κ1) is 20.6. The van der Waals surface area contributed by atoms with E-state index in [-0.39, 0.29) is 17.3 Å². The SMILES string of the molecule is Cc1ccc(C)c(/C(O)=C2\C(=O)C(=O)N(c3nc4ccccc4[nH]3)C2c2ccc(F)cc2)c1. The molecule has 0 saturated carbocycles. The van der Waals surface area contributed by atoms with E-state index in [4.69, 9.17) is 0 Å². The van der Waals surface area contributed by atoms with Crippen LogP contribution in [0.15, 0.2) is 72.3 Å². The van der Waals surface area contributed by atoms with Crippen molar-refractivity contribution >= 4 is 34.4 Å². The maximum absolute atomic E-state index is 13.7. The fourth-order valence-electron chi connectivity index (χ4n) is 4.20. The topological polar surface area (TPSA) is 86.3 Å². The molecule has 2 heterocycles. The maximum Gasteiger partial charge on any atom is 0.302 e. The van der Waals surface area contributed by atoms with E-state index < -0.39 is 23.5 Å². The molecule has 4 aromatic rings. The molecule has 6 nitrogen and oxygen atoms in total. The molecule has 3 aromatic carbocycles. The largest absolute Gasteiger partial charge is 0.507 e. The van der Waals surface area contributed by atoms with Crippen LogP contribution in [0.5, 0.6) is 0 Å². The molecule has 0 radical (unpaired) electrons. The van der Waals surface area contributed by atoms with Crippen molar-refractivity contribution in [1.29, 1.82) is 0 Å². The number of imidazole rings is 1. The summed E-state index contributed by atoms with van der Waals surface area (Å²) in [6.07, 6.45) is 0. The van der Waals surface area contributed by atoms with Gasteiger partial charge in [0, 0.05) is 5.56 Å². The summed E-state index contributed by atoms with van der Waals surface area (Å²) in [5, 5.41) is 11.3. The number of anilines is 1. The van der Waals surface area contributed by atoms with E-state index in [1.54, 1.807) is 12.1 Å². The van der Waals surface area contributed by atoms with Crippen molar-refractivity contribution < 1.29 is 19.1 Å². The Kier molecular flexibility index (Phi) is 4.82. The van der Waals surface area contributed by atoms with Crippen LogP contribution in [0.4, 0.5) is 10.3 Å². The summed E-state index contributed by atoms with van der Waals surface area (Å²) < 4.78 is 13.7. The Hall–Kier alpha value is -4.26. The second-order valence-corrected chi connectivity index (χ2v) is 8.12. The number of hydrogen-bond acceptors (Lipinski definition) is 4. The fraction of sp³-hybridized carbons (Fsp3) is 0.115. The van der Waals surface area contributed by atoms with Gasteiger partial charge >= 0.3 is 5.91 Å². The van der Waals surface area contributed by atoms with Gasteiger partial charge in [-0.15, -0.1) is 0 Å². The minimum atomic E-state index is -0.980. The fourth-order valence-corrected chi connectivity index (χ4v) is 4.20. The molecule has 0 spiro atoms. The number of fused-ring (bicyclic) bond motifs is 1. The second kappa shape index (κ2) is 7.70. The van der Waals surface area contributed by atoms with Crippen LogP contribution in [-0.4, -0.2) is 26.8 Å². The number of aromatic nitrogens is 2. The third kappa shape index (κ3) is 3.38. The van der Waals surface area contributed by atoms with Gasteiger partial charge in [0.2, 0.25) is 5.95 Å². The zero-order chi connectivity index (χ0) is 23.3. The van der Waals surface area contributed by atoms with Crippen LogP contribution in [0, 0.1) is 19.7 Å². The van der Waals surface area contributed by atoms with E-state index in [1.165, 1.54) is 29.2 Å². The Morgan fingerprint density at radius 3 is 2.48 bits per heavy atom. The van der Waals surface area contributed by atoms with E-state index in [0.29, 0.717) is 22.2 Å². The molecule has 33 heavy (non-hydrogen) atoms. The van der Waals surface area contributed by atoms with E-state index in [2.05, 4.69) is 9.97 Å². The summed E-state index contributed by atoms with van der Waals surface area (Å²) in [4.78, 5) is 35.3. The molecule has 1 aliphatic heterocycles. The molecule has 164 valence electrons. The zero-order valence-corrected chi connectivity index (χ0v) is 18.0. The number of halogens is 1. The van der Waals surface area contributed by atoms with Crippen LogP contribution < -0.4 is 4.90 Å². The molecule has 1 unspecified atom stereocenters. The lowest BCUT2D eigenvalue weighted by Crippen LogP contribution is -2.30. The molecule has 1 atom stereocenters. The molecule has 1 amide bonds. The highest BCUT2D eigenvalue weighted by atomic mass is 19.1. The Bertz CT molecular complexity index is 1420. The first-order valence-electron chi connectivity index (χ1n) is 10.4. The number of ketones is 1. The summed E-state index contributed by atoms with van der Waals surface area (Å²) in [6, 6.07) is 17.3. The third-order valence-electron chi connectivity index (χ3n) is 5.88. The number of amides is 1. The number of hydrogen-bond donors (Lipinski definition) is 2. The maximum atomic E-state index is 13.7. The molecular weight excluding hydrogens is 421 g/mol. The zero-order valence-electron chi connectivity index (χ0n) is 18.0. The number of nitrogens with zero attached hydrogens (tertiary/aromatic N) is 2. The molecule has 7 heteroatoms. The Morgan fingerprint density at radius 1 is 1.03 bits per heavy atom. The summed E-state index contributed by atoms with van der Waals surface area (Å²) in [6.45, 7) is 3.69. The van der Waals surface area contributed by atoms with Crippen molar-refractivity contribution in [3.63, 3.8) is 0 Å². The van der Waals surface area contributed by atoms with Gasteiger partial charge in [0.05, 0.1) is 22.6 Å². The van der Waals surface area contributed by atoms with Gasteiger partial charge in [-0.3, -0.25) is 14.5 Å². The highest BCUT2D eigenvalue weighted by Gasteiger charge is 2.48. The number of H-pyrrole nitrogens is 1. The monoisotopic (exact) mass is 441 g/mol. The van der Waals surface area contributed by atoms with E-state index in [1.807, 2.05) is 44.2 Å². The Balaban J connectivity index is 1.76. The van der Waals surface area contributed by atoms with E-state index in [0.717, 1.165) is 11.1 Å². The average Bonchev–Trinajstić information content (AvgIpc) is 3.34. The number of carbonyl (C=O) groups is 2. The van der Waals surface area contributed by atoms with Gasteiger partial charge in [0.15, 0.2) is 0 Å². The van der Waals surface area contributed by atoms with Crippen LogP contribution in [0.2, 0.25) is 0 Å². The van der Waals surface area contributed by atoms with Gasteiger partial charge in [-0.1, -0.05) is 42.0 Å². The van der Waals surface area contributed by atoms with Gasteiger partial charge in [-0.05, 0) is 55.3 Å². The van der Waals surface area contributed by atoms with Crippen molar-refractivity contribution in [2.75, 3.05) is 4.90 Å². The van der Waals surface area contributed by atoms with Crippen LogP contribution >= 0.6 is 0 Å². The highest BCUT2D eigenvalue weighted by Crippen LogP contribution is 2.42. The van der Waals surface area contributed by atoms with Crippen LogP contribution in [-0.2, 0) is 9.59 Å². The van der Waals surface area contributed by atoms with Gasteiger partial charge in [0.25, 0.3) is 5.78 Å². The minimum absolute atomic E-state index is 0.0687. The van der Waals surface area contributed by atoms with Gasteiger partial charge in [-0.2, -0.15) is 0 Å². The van der Waals surface area contributed by atoms with Crippen molar-refractivity contribution in [2.24, 2.45) is 0 Å². The van der Waals surface area contributed by atoms with Crippen molar-refractivity contribution in [1.82, 2.24) is 9.97 Å². The number of aliphatic hydroxyl groups excluding tert-OH is 1. The molecule has 2 N–H and O–H groups in total. The number of para-hydroxylation sites is 2. The van der Waals surface area contributed by atoms with Crippen LogP contribution in [0.25, 0.3) is 16.8 Å². The summed E-state index contributed by atoms with van der Waals surface area (Å²) in [5.74, 6) is -2.21. The van der Waals surface area contributed by atoms with E-state index >= 15 is 0 Å². The number of nitrogens with one attached hydrogen (secondary N) is 1. The lowest BCUT2D eigenvalue weighted by Gasteiger charge is -2.23. The third-order valence-corrected chi connectivity index (χ3v) is 5.88. The molecule has 1 aromatic heterocycles. The van der Waals surface area contributed by atoms with Crippen LogP contribution in [0.3, 0.4) is 0 Å². The molecule has 5 rings (SSSR count). The average molecular weight is 441 g/mol. The first-order valence-corrected chi connectivity index (χ1v) is 10.4. The van der Waals surface area contributed by atoms with Gasteiger partial charge < -0.3 is 10.1 Å². The molecular formula is C26H20FN3O3. The number of Topliss-reactive ketones (excluding diaryl/α,β-unsaturated/α-hetero) is 1. The van der Waals surface area contributed by atoms with Gasteiger partial charge in [0.1, 0.15) is 11.6 Å². The molecule has 0 bridgehead atoms. The smallest absolute Gasteiger partial charge is 0.302 e. The predicted molar refractivity (Wildman–Crippen MR) is 123 cm³/mol. The summed E-state index contributed by atoms with van der Waals surface area (Å²) in [7, 11) is 0. The number of aryl methyl sites for hydroxylation is 2. The van der Waals surface area contributed by atoms with Crippen LogP contribution in [0.1, 0.15) is 28.3 Å². The normalized spacial score (nSPS) is 17.8. The number of benzene rings is 3. The standard InChI is InChI=1S/C26H20FN3O3/c1-14-7-8-15(2)18(13-14)23(31)21-22(16-9-11-17(27)12-10-16)30(25(33)24(21)32)26-28-19-5-3-4-6-20(19)29-26/h3-13,22,31H,1-2H3,(H,28,29)/b23-21+. The molecule has 1 saturated heterocycles. The van der Waals surface area contributed by atoms with Gasteiger partial charge in [-0.25, -0.2) is 9.37 Å². The number of carbonyl (C=O) groups excluding carboxylic acids is 2. The van der Waals surface area contributed by atoms with Crippen molar-refractivity contribution in [3.05, 3.63) is 100 Å². The first-order chi connectivity index (χ1) is 15.8. The lowest BCUT2D eigenvalue weighted by molar-refractivity contribution is -0.132. The quantitative estimate of drug-likeness (QED) is 0.268. The van der Waals surface area contributed by atoms with E-state index in [9.17, 15) is 19.1 Å². The number of rotatable bonds is 3. The molecule has 0 aliphatic carbocycles. The predicted octanol–water partition coefficient (Wildman–Crippen LogP) is 4.95. The summed E-state index contributed by atoms with van der Waals surface area (Å²) >= 11 is 0. The lowest BCUT2D eigenvalue weighted by atomic mass is 9.93.